The highest BCUT2D eigenvalue weighted by Gasteiger charge is 2.13. The van der Waals surface area contributed by atoms with Gasteiger partial charge in [0.25, 0.3) is 10.0 Å². The molecule has 0 saturated carbocycles. The van der Waals surface area contributed by atoms with E-state index in [1.807, 2.05) is 0 Å². The van der Waals surface area contributed by atoms with Crippen molar-refractivity contribution in [1.29, 1.82) is 0 Å². The minimum Gasteiger partial charge on any atom is -0.506 e. The van der Waals surface area contributed by atoms with Gasteiger partial charge in [0.1, 0.15) is 5.75 Å². The number of hydrogen-bond acceptors (Lipinski definition) is 4. The van der Waals surface area contributed by atoms with Crippen molar-refractivity contribution in [3.63, 3.8) is 0 Å². The van der Waals surface area contributed by atoms with Gasteiger partial charge in [-0.2, -0.15) is 8.42 Å². The van der Waals surface area contributed by atoms with E-state index in [-0.39, 0.29) is 15.4 Å². The molecular formula is C15H12N2O3S2. The monoisotopic (exact) mass is 332 g/mol. The van der Waals surface area contributed by atoms with E-state index in [4.69, 9.17) is 0 Å². The van der Waals surface area contributed by atoms with Gasteiger partial charge in [0.2, 0.25) is 4.80 Å². The van der Waals surface area contributed by atoms with Crippen LogP contribution >= 0.6 is 11.3 Å². The topological polar surface area (TPSA) is 71.7 Å². The number of thiazole rings is 1. The molecule has 3 aromatic rings. The second-order valence-corrected chi connectivity index (χ2v) is 6.90. The summed E-state index contributed by atoms with van der Waals surface area (Å²) < 4.78 is 30.1. The van der Waals surface area contributed by atoms with E-state index >= 15 is 0 Å². The maximum Gasteiger partial charge on any atom is 0.285 e. The maximum atomic E-state index is 12.3. The Hall–Kier alpha value is -2.38. The molecule has 5 nitrogen and oxygen atoms in total. The SMILES string of the molecule is O=S(=O)(/N=c1\sccn1-c1ccccc1O)c1ccccc1. The van der Waals surface area contributed by atoms with Crippen LogP contribution in [0.2, 0.25) is 0 Å². The van der Waals surface area contributed by atoms with Crippen molar-refractivity contribution < 1.29 is 13.5 Å². The lowest BCUT2D eigenvalue weighted by molar-refractivity contribution is 0.472. The number of rotatable bonds is 3. The van der Waals surface area contributed by atoms with E-state index in [2.05, 4.69) is 4.40 Å². The Morgan fingerprint density at radius 1 is 1.00 bits per heavy atom. The maximum absolute atomic E-state index is 12.3. The van der Waals surface area contributed by atoms with Crippen molar-refractivity contribution in [2.75, 3.05) is 0 Å². The summed E-state index contributed by atoms with van der Waals surface area (Å²) in [6.45, 7) is 0. The number of sulfonamides is 1. The van der Waals surface area contributed by atoms with Crippen molar-refractivity contribution >= 4 is 21.4 Å². The van der Waals surface area contributed by atoms with Crippen molar-refractivity contribution in [3.8, 4) is 11.4 Å². The zero-order valence-corrected chi connectivity index (χ0v) is 13.0. The second kappa shape index (κ2) is 5.78. The summed E-state index contributed by atoms with van der Waals surface area (Å²) in [5.41, 5.74) is 0.478. The van der Waals surface area contributed by atoms with E-state index in [0.29, 0.717) is 5.69 Å². The van der Waals surface area contributed by atoms with Crippen molar-refractivity contribution in [1.82, 2.24) is 4.57 Å². The molecule has 0 aliphatic carbocycles. The molecule has 2 aromatic carbocycles. The molecule has 0 atom stereocenters. The average Bonchev–Trinajstić information content (AvgIpc) is 2.96. The van der Waals surface area contributed by atoms with Gasteiger partial charge >= 0.3 is 0 Å². The molecule has 0 unspecified atom stereocenters. The molecule has 0 amide bonds. The van der Waals surface area contributed by atoms with Crippen molar-refractivity contribution in [2.24, 2.45) is 4.40 Å². The quantitative estimate of drug-likeness (QED) is 0.801. The highest BCUT2D eigenvalue weighted by atomic mass is 32.2. The predicted molar refractivity (Wildman–Crippen MR) is 84.5 cm³/mol. The lowest BCUT2D eigenvalue weighted by atomic mass is 10.3. The number of benzene rings is 2. The molecule has 112 valence electrons. The summed E-state index contributed by atoms with van der Waals surface area (Å²) in [6, 6.07) is 14.7. The van der Waals surface area contributed by atoms with Crippen LogP contribution in [0.1, 0.15) is 0 Å². The molecule has 1 N–H and O–H groups in total. The average molecular weight is 332 g/mol. The summed E-state index contributed by atoms with van der Waals surface area (Å²) >= 11 is 1.18. The molecule has 0 aliphatic rings. The molecule has 1 aromatic heterocycles. The minimum atomic E-state index is -3.79. The number of hydrogen-bond donors (Lipinski definition) is 1. The predicted octanol–water partition coefficient (Wildman–Crippen LogP) is 2.53. The van der Waals surface area contributed by atoms with Crippen LogP contribution in [0, 0.1) is 0 Å². The smallest absolute Gasteiger partial charge is 0.285 e. The first kappa shape index (κ1) is 14.6. The standard InChI is InChI=1S/C15H12N2O3S2/c18-14-9-5-4-8-13(14)17-10-11-21-15(17)16-22(19,20)12-6-2-1-3-7-12/h1-11,18H/b16-15-. The zero-order chi connectivity index (χ0) is 15.6. The highest BCUT2D eigenvalue weighted by Crippen LogP contribution is 2.20. The van der Waals surface area contributed by atoms with Gasteiger partial charge in [0.05, 0.1) is 10.6 Å². The van der Waals surface area contributed by atoms with Crippen molar-refractivity contribution in [3.05, 3.63) is 71.0 Å². The van der Waals surface area contributed by atoms with Crippen molar-refractivity contribution in [2.45, 2.75) is 4.90 Å². The number of aromatic hydroxyl groups is 1. The van der Waals surface area contributed by atoms with Crippen LogP contribution < -0.4 is 4.80 Å². The fourth-order valence-corrected chi connectivity index (χ4v) is 3.88. The fraction of sp³-hybridized carbons (Fsp3) is 0. The molecular weight excluding hydrogens is 320 g/mol. The number of nitrogens with zero attached hydrogens (tertiary/aromatic N) is 2. The largest absolute Gasteiger partial charge is 0.506 e. The first-order valence-corrected chi connectivity index (χ1v) is 8.70. The number of aromatic nitrogens is 1. The summed E-state index contributed by atoms with van der Waals surface area (Å²) in [4.78, 5) is 0.401. The lowest BCUT2D eigenvalue weighted by Gasteiger charge is -2.05. The van der Waals surface area contributed by atoms with Crippen LogP contribution in [0.5, 0.6) is 5.75 Å². The van der Waals surface area contributed by atoms with Crippen LogP contribution in [0.25, 0.3) is 5.69 Å². The van der Waals surface area contributed by atoms with Gasteiger partial charge in [-0.05, 0) is 24.3 Å². The van der Waals surface area contributed by atoms with E-state index in [1.165, 1.54) is 29.5 Å². The highest BCUT2D eigenvalue weighted by molar-refractivity contribution is 7.90. The summed E-state index contributed by atoms with van der Waals surface area (Å²) in [7, 11) is -3.79. The zero-order valence-electron chi connectivity index (χ0n) is 11.3. The Labute approximate surface area is 131 Å². The Bertz CT molecular complexity index is 957. The normalized spacial score (nSPS) is 12.5. The third-order valence-corrected chi connectivity index (χ3v) is 5.12. The molecule has 0 radical (unpaired) electrons. The van der Waals surface area contributed by atoms with Crippen LogP contribution in [0.15, 0.2) is 75.5 Å². The van der Waals surface area contributed by atoms with Crippen LogP contribution in [-0.2, 0) is 10.0 Å². The molecule has 7 heteroatoms. The molecule has 1 heterocycles. The minimum absolute atomic E-state index is 0.0551. The number of phenolic OH excluding ortho intramolecular Hbond substituents is 1. The van der Waals surface area contributed by atoms with E-state index in [0.717, 1.165) is 0 Å². The first-order chi connectivity index (χ1) is 10.6. The second-order valence-electron chi connectivity index (χ2n) is 4.42. The van der Waals surface area contributed by atoms with Gasteiger partial charge in [-0.3, -0.25) is 4.57 Å². The Morgan fingerprint density at radius 3 is 2.41 bits per heavy atom. The summed E-state index contributed by atoms with van der Waals surface area (Å²) in [5, 5.41) is 11.6. The molecule has 0 saturated heterocycles. The lowest BCUT2D eigenvalue weighted by Crippen LogP contribution is -2.15. The third-order valence-electron chi connectivity index (χ3n) is 2.97. The first-order valence-electron chi connectivity index (χ1n) is 6.38. The Kier molecular flexibility index (Phi) is 3.82. The van der Waals surface area contributed by atoms with Crippen LogP contribution in [-0.4, -0.2) is 18.1 Å². The molecule has 0 bridgehead atoms. The van der Waals surface area contributed by atoms with Gasteiger partial charge in [-0.15, -0.1) is 15.7 Å². The van der Waals surface area contributed by atoms with E-state index < -0.39 is 10.0 Å². The molecule has 0 aliphatic heterocycles. The molecule has 3 rings (SSSR count). The Balaban J connectivity index is 2.16. The van der Waals surface area contributed by atoms with E-state index in [1.54, 1.807) is 52.5 Å². The summed E-state index contributed by atoms with van der Waals surface area (Å²) in [6.07, 6.45) is 1.67. The van der Waals surface area contributed by atoms with Gasteiger partial charge in [0, 0.05) is 11.6 Å². The van der Waals surface area contributed by atoms with Gasteiger partial charge < -0.3 is 5.11 Å². The number of phenols is 1. The van der Waals surface area contributed by atoms with Gasteiger partial charge in [-0.1, -0.05) is 30.3 Å². The van der Waals surface area contributed by atoms with Crippen LogP contribution in [0.3, 0.4) is 0 Å². The van der Waals surface area contributed by atoms with E-state index in [9.17, 15) is 13.5 Å². The van der Waals surface area contributed by atoms with Gasteiger partial charge in [0.15, 0.2) is 0 Å². The molecule has 22 heavy (non-hydrogen) atoms. The Morgan fingerprint density at radius 2 is 1.68 bits per heavy atom. The fourth-order valence-electron chi connectivity index (χ4n) is 1.94. The molecule has 0 spiro atoms. The number of para-hydroxylation sites is 2. The molecule has 0 fully saturated rings. The van der Waals surface area contributed by atoms with Gasteiger partial charge in [-0.25, -0.2) is 0 Å². The summed E-state index contributed by atoms with van der Waals surface area (Å²) in [5.74, 6) is 0.0551. The van der Waals surface area contributed by atoms with Crippen LogP contribution in [0.4, 0.5) is 0 Å². The third kappa shape index (κ3) is 2.81.